The summed E-state index contributed by atoms with van der Waals surface area (Å²) < 4.78 is 17.1. The van der Waals surface area contributed by atoms with Crippen molar-refractivity contribution in [3.8, 4) is 0 Å². The average Bonchev–Trinajstić information content (AvgIpc) is 3.21. The summed E-state index contributed by atoms with van der Waals surface area (Å²) in [4.78, 5) is 0. The molecule has 0 amide bonds. The summed E-state index contributed by atoms with van der Waals surface area (Å²) in [7, 11) is 0. The molecule has 0 saturated heterocycles. The standard InChI is InChI=1S/3C15H32O2.I3.I2.HI/c1-3-4-5-6-7-8-9-10-12-15(2)17-14-11-13-16;1-3-5-6-7-8-9-12-15(11-4-2)17-14-10-13-16;1-3-5-6-7-8-9-10-12-15(4-2)17-14-11-13-16;1-3-2;1-2;/h3*15-16H,3-14H2,1-2H3;;;1H/q;;;-1;;. The molecule has 3 atom stereocenters. The Hall–Kier alpha value is 4.14. The van der Waals surface area contributed by atoms with E-state index in [1.807, 2.05) is 0 Å². The van der Waals surface area contributed by atoms with E-state index < -0.39 is 0 Å². The van der Waals surface area contributed by atoms with E-state index in [9.17, 15) is 0 Å². The van der Waals surface area contributed by atoms with Crippen LogP contribution in [0.15, 0.2) is 0 Å². The number of ether oxygens (including phenoxy) is 3. The molecule has 0 aromatic rings. The zero-order chi connectivity index (χ0) is 43.0. The molecule has 356 valence electrons. The Morgan fingerprint density at radius 2 is 0.702 bits per heavy atom. The van der Waals surface area contributed by atoms with Gasteiger partial charge in [-0.3, -0.25) is 0 Å². The van der Waals surface area contributed by atoms with Crippen molar-refractivity contribution in [1.29, 1.82) is 0 Å². The van der Waals surface area contributed by atoms with Crippen LogP contribution in [0.4, 0.5) is 0 Å². The van der Waals surface area contributed by atoms with E-state index in [1.54, 1.807) is 0 Å². The zero-order valence-corrected chi connectivity index (χ0v) is 51.2. The van der Waals surface area contributed by atoms with Gasteiger partial charge in [0.25, 0.3) is 0 Å². The molecule has 3 unspecified atom stereocenters. The molecule has 0 aliphatic rings. The van der Waals surface area contributed by atoms with Crippen LogP contribution < -0.4 is 13.3 Å². The molecular formula is C45H97I6O6-. The Labute approximate surface area is 427 Å². The molecular weight excluding hydrogens is 1400 g/mol. The van der Waals surface area contributed by atoms with E-state index in [0.717, 1.165) is 32.3 Å². The van der Waals surface area contributed by atoms with Crippen LogP contribution >= 0.6 is 98.4 Å². The van der Waals surface area contributed by atoms with Gasteiger partial charge in [-0.05, 0) is 58.3 Å². The fourth-order valence-electron chi connectivity index (χ4n) is 6.15. The van der Waals surface area contributed by atoms with Gasteiger partial charge in [0.1, 0.15) is 0 Å². The average molecular weight is 1500 g/mol. The molecule has 0 aliphatic heterocycles. The summed E-state index contributed by atoms with van der Waals surface area (Å²) in [6.07, 6.45) is 39.2. The Morgan fingerprint density at radius 1 is 0.404 bits per heavy atom. The fraction of sp³-hybridized carbons (Fsp3) is 1.00. The normalized spacial score (nSPS) is 12.0. The van der Waals surface area contributed by atoms with Gasteiger partial charge in [-0.2, -0.15) is 0 Å². The van der Waals surface area contributed by atoms with E-state index in [4.69, 9.17) is 29.5 Å². The van der Waals surface area contributed by atoms with Gasteiger partial charge >= 0.3 is 50.5 Å². The SMILES string of the molecule is CCCCCCCCC(CCC)OCCCO.CCCCCCCCCC(CC)OCCCO.CCCCCCCCCCC(C)OCCCO.I.II.I[I-]I. The summed E-state index contributed by atoms with van der Waals surface area (Å²) >= 11 is 9.54. The van der Waals surface area contributed by atoms with Crippen LogP contribution in [0.3, 0.4) is 0 Å². The van der Waals surface area contributed by atoms with Crippen molar-refractivity contribution in [3.63, 3.8) is 0 Å². The van der Waals surface area contributed by atoms with Crippen LogP contribution in [-0.4, -0.2) is 73.3 Å². The van der Waals surface area contributed by atoms with Gasteiger partial charge in [-0.15, -0.1) is 24.0 Å². The number of aliphatic hydroxyl groups excluding tert-OH is 3. The van der Waals surface area contributed by atoms with Crippen LogP contribution in [0, 0.1) is 0 Å². The number of rotatable bonds is 39. The summed E-state index contributed by atoms with van der Waals surface area (Å²) in [5.41, 5.74) is 0. The fourth-order valence-corrected chi connectivity index (χ4v) is 6.15. The van der Waals surface area contributed by atoms with Gasteiger partial charge in [-0.25, -0.2) is 0 Å². The molecule has 3 N–H and O–H groups in total. The summed E-state index contributed by atoms with van der Waals surface area (Å²) in [6.45, 7) is 16.2. The van der Waals surface area contributed by atoms with Gasteiger partial charge in [0.05, 0.1) is 18.3 Å². The summed E-state index contributed by atoms with van der Waals surface area (Å²) in [6, 6.07) is 0. The Kier molecular flexibility index (Phi) is 95.0. The maximum absolute atomic E-state index is 8.73. The first-order valence-corrected chi connectivity index (χ1v) is 42.0. The van der Waals surface area contributed by atoms with E-state index >= 15 is 0 Å². The van der Waals surface area contributed by atoms with Gasteiger partial charge in [0.15, 0.2) is 0 Å². The van der Waals surface area contributed by atoms with Crippen LogP contribution in [0.2, 0.25) is 0 Å². The van der Waals surface area contributed by atoms with Crippen molar-refractivity contribution in [3.05, 3.63) is 0 Å². The first kappa shape index (κ1) is 72.7. The molecule has 0 aromatic carbocycles. The second-order valence-corrected chi connectivity index (χ2v) is 31.1. The molecule has 12 heteroatoms. The topological polar surface area (TPSA) is 88.4 Å². The molecule has 0 fully saturated rings. The molecule has 0 spiro atoms. The van der Waals surface area contributed by atoms with Gasteiger partial charge < -0.3 is 29.5 Å². The predicted molar refractivity (Wildman–Crippen MR) is 295 cm³/mol. The summed E-state index contributed by atoms with van der Waals surface area (Å²) in [5.74, 6) is 0. The molecule has 0 aliphatic carbocycles. The first-order chi connectivity index (χ1) is 27.4. The van der Waals surface area contributed by atoms with E-state index in [0.29, 0.717) is 44.8 Å². The van der Waals surface area contributed by atoms with E-state index in [-0.39, 0.29) is 43.8 Å². The van der Waals surface area contributed by atoms with Crippen LogP contribution in [-0.2, 0) is 14.2 Å². The maximum atomic E-state index is 8.73. The third kappa shape index (κ3) is 77.7. The Balaban J connectivity index is -0.000000160. The van der Waals surface area contributed by atoms with Crippen molar-refractivity contribution in [2.45, 2.75) is 252 Å². The van der Waals surface area contributed by atoms with Crippen LogP contribution in [0.25, 0.3) is 0 Å². The predicted octanol–water partition coefficient (Wildman–Crippen LogP) is 14.1. The molecule has 6 nitrogen and oxygen atoms in total. The number of aliphatic hydroxyl groups is 3. The number of halogens is 6. The molecule has 0 radical (unpaired) electrons. The molecule has 0 rings (SSSR count). The van der Waals surface area contributed by atoms with Crippen molar-refractivity contribution < 1.29 is 42.8 Å². The molecule has 57 heavy (non-hydrogen) atoms. The second kappa shape index (κ2) is 74.5. The number of unbranched alkanes of at least 4 members (excludes halogenated alkanes) is 18. The zero-order valence-electron chi connectivity index (χ0n) is 38.1. The van der Waals surface area contributed by atoms with Crippen molar-refractivity contribution in [2.75, 3.05) is 39.6 Å². The van der Waals surface area contributed by atoms with Crippen molar-refractivity contribution in [2.24, 2.45) is 0 Å². The van der Waals surface area contributed by atoms with Crippen LogP contribution in [0.1, 0.15) is 234 Å². The first-order valence-electron chi connectivity index (χ1n) is 23.1. The number of hydrogen-bond acceptors (Lipinski definition) is 6. The molecule has 0 aromatic heterocycles. The Bertz CT molecular complexity index is 605. The third-order valence-corrected chi connectivity index (χ3v) is 9.56. The van der Waals surface area contributed by atoms with Gasteiger partial charge in [-0.1, -0.05) is 176 Å². The monoisotopic (exact) mass is 1500 g/mol. The summed E-state index contributed by atoms with van der Waals surface area (Å²) in [5, 5.41) is 26.0. The molecule has 0 bridgehead atoms. The third-order valence-electron chi connectivity index (χ3n) is 9.56. The van der Waals surface area contributed by atoms with E-state index in [1.165, 1.54) is 167 Å². The quantitative estimate of drug-likeness (QED) is 0.0420. The van der Waals surface area contributed by atoms with Crippen molar-refractivity contribution >= 4 is 98.4 Å². The minimum atomic E-state index is 0. The van der Waals surface area contributed by atoms with Crippen LogP contribution in [0.5, 0.6) is 0 Å². The molecule has 0 saturated carbocycles. The number of hydrogen-bond donors (Lipinski definition) is 3. The van der Waals surface area contributed by atoms with Gasteiger partial charge in [0, 0.05) is 76.9 Å². The van der Waals surface area contributed by atoms with Gasteiger partial charge in [0.2, 0.25) is 0 Å². The second-order valence-electron chi connectivity index (χ2n) is 14.9. The minimum absolute atomic E-state index is 0. The Morgan fingerprint density at radius 3 is 1.04 bits per heavy atom. The van der Waals surface area contributed by atoms with E-state index in [2.05, 4.69) is 116 Å². The molecule has 0 heterocycles. The van der Waals surface area contributed by atoms with Crippen molar-refractivity contribution in [1.82, 2.24) is 0 Å².